The van der Waals surface area contributed by atoms with Gasteiger partial charge in [0.2, 0.25) is 0 Å². The van der Waals surface area contributed by atoms with Gasteiger partial charge in [-0.15, -0.1) is 0 Å². The lowest BCUT2D eigenvalue weighted by molar-refractivity contribution is 1.06. The lowest BCUT2D eigenvalue weighted by Gasteiger charge is -2.44. The molecule has 0 fully saturated rings. The Kier molecular flexibility index (Phi) is 16.1. The van der Waals surface area contributed by atoms with Crippen molar-refractivity contribution in [2.24, 2.45) is 0 Å². The predicted molar refractivity (Wildman–Crippen MR) is 461 cm³/mol. The van der Waals surface area contributed by atoms with E-state index in [9.17, 15) is 0 Å². The number of anilines is 6. The van der Waals surface area contributed by atoms with Crippen LogP contribution in [0.3, 0.4) is 0 Å². The second-order valence-electron chi connectivity index (χ2n) is 28.5. The summed E-state index contributed by atoms with van der Waals surface area (Å²) >= 11 is 0. The molecule has 21 rings (SSSR count). The minimum absolute atomic E-state index is 0.179. The summed E-state index contributed by atoms with van der Waals surface area (Å²) in [7, 11) is 0. The van der Waals surface area contributed by atoms with E-state index in [1.165, 1.54) is 38.6 Å². The van der Waals surface area contributed by atoms with Crippen molar-refractivity contribution in [1.82, 2.24) is 34.5 Å². The standard InChI is InChI=1S/C102H66BN9/c1-9-27-67(28-10-1)71-45-52-81(53-46-71)110-92-59-50-78(69-31-13-3-14-32-69)62-88(92)103-89-63-79(70-33-15-4-16-34-70)51-60-93(89)111(82-54-47-72(48-55-82)68-29-11-2-12-30-68)95-65-80(64-94(110)96(95)103)77-49-58-91-86(61-77)84-43-25-26-44-90(84)112(91)83-56-57-85(101-106-97(73-35-17-5-18-36-73)104-98(107-101)74-37-19-6-20-38-74)87(66-83)102-108-99(75-39-21-7-22-40-75)105-100(109-102)76-41-23-8-24-42-76/h1-66H. The van der Waals surface area contributed by atoms with Crippen LogP contribution in [0, 0.1) is 0 Å². The lowest BCUT2D eigenvalue weighted by atomic mass is 9.33. The van der Waals surface area contributed by atoms with E-state index in [0.29, 0.717) is 34.9 Å². The molecule has 0 amide bonds. The molecular formula is C102H66BN9. The Labute approximate surface area is 649 Å². The minimum Gasteiger partial charge on any atom is -0.311 e. The van der Waals surface area contributed by atoms with E-state index in [0.717, 1.165) is 128 Å². The van der Waals surface area contributed by atoms with Crippen LogP contribution in [0.5, 0.6) is 0 Å². The van der Waals surface area contributed by atoms with Crippen LogP contribution in [0.25, 0.3) is 151 Å². The van der Waals surface area contributed by atoms with Crippen LogP contribution in [-0.2, 0) is 0 Å². The van der Waals surface area contributed by atoms with Crippen LogP contribution in [0.1, 0.15) is 0 Å². The fourth-order valence-electron chi connectivity index (χ4n) is 16.6. The molecule has 0 saturated carbocycles. The number of benzene rings is 16. The first-order chi connectivity index (χ1) is 55.5. The van der Waals surface area contributed by atoms with Gasteiger partial charge in [-0.25, -0.2) is 29.9 Å². The SMILES string of the molecule is c1ccc(-c2ccc(N3c4ccc(-c5ccccc5)cc4B4c5cc(-c6ccccc6)ccc5N(c5ccc(-c6ccccc6)cc5)c5cc(-c6ccc7c(c6)c6ccccc6n7-c6ccc(-c7nc(-c8ccccc8)nc(-c8ccccc8)n7)c(-c7nc(-c8ccccc8)nc(-c8ccccc8)n7)c6)cc3c54)cc2)cc1. The van der Waals surface area contributed by atoms with Crippen LogP contribution >= 0.6 is 0 Å². The van der Waals surface area contributed by atoms with Gasteiger partial charge in [-0.2, -0.15) is 0 Å². The van der Waals surface area contributed by atoms with Crippen LogP contribution < -0.4 is 26.2 Å². The lowest BCUT2D eigenvalue weighted by Crippen LogP contribution is -2.61. The van der Waals surface area contributed by atoms with Crippen molar-refractivity contribution in [3.8, 4) is 130 Å². The molecule has 0 radical (unpaired) electrons. The third-order valence-corrected chi connectivity index (χ3v) is 21.9. The van der Waals surface area contributed by atoms with E-state index < -0.39 is 0 Å². The van der Waals surface area contributed by atoms with Crippen molar-refractivity contribution < 1.29 is 0 Å². The largest absolute Gasteiger partial charge is 0.311 e. The number of fused-ring (bicyclic) bond motifs is 7. The monoisotopic (exact) mass is 1430 g/mol. The van der Waals surface area contributed by atoms with Crippen molar-refractivity contribution in [1.29, 1.82) is 0 Å². The Morgan fingerprint density at radius 2 is 0.500 bits per heavy atom. The number of nitrogens with zero attached hydrogens (tertiary/aromatic N) is 9. The Morgan fingerprint density at radius 1 is 0.188 bits per heavy atom. The highest BCUT2D eigenvalue weighted by molar-refractivity contribution is 7.00. The first-order valence-corrected chi connectivity index (χ1v) is 37.9. The van der Waals surface area contributed by atoms with Crippen LogP contribution in [0.4, 0.5) is 34.1 Å². The summed E-state index contributed by atoms with van der Waals surface area (Å²) in [6.45, 7) is -0.179. The maximum absolute atomic E-state index is 5.42. The third kappa shape index (κ3) is 11.7. The number of rotatable bonds is 14. The summed E-state index contributed by atoms with van der Waals surface area (Å²) in [6.07, 6.45) is 0. The highest BCUT2D eigenvalue weighted by atomic mass is 15.2. The molecule has 2 aliphatic rings. The number of aromatic nitrogens is 7. The van der Waals surface area contributed by atoms with Gasteiger partial charge in [-0.3, -0.25) is 0 Å². The molecule has 0 saturated heterocycles. The van der Waals surface area contributed by atoms with Gasteiger partial charge in [0, 0.05) is 84.0 Å². The molecule has 5 heterocycles. The molecule has 0 bridgehead atoms. The average molecular weight is 1430 g/mol. The maximum Gasteiger partial charge on any atom is 0.252 e. The summed E-state index contributed by atoms with van der Waals surface area (Å²) in [5.74, 6) is 3.12. The molecule has 0 atom stereocenters. The van der Waals surface area contributed by atoms with Gasteiger partial charge in [0.1, 0.15) is 0 Å². The normalized spacial score (nSPS) is 12.1. The van der Waals surface area contributed by atoms with E-state index >= 15 is 0 Å². The van der Waals surface area contributed by atoms with Gasteiger partial charge in [0.15, 0.2) is 34.9 Å². The van der Waals surface area contributed by atoms with E-state index in [4.69, 9.17) is 29.9 Å². The summed E-state index contributed by atoms with van der Waals surface area (Å²) in [5.41, 5.74) is 29.6. The van der Waals surface area contributed by atoms with Gasteiger partial charge in [-0.05, 0) is 157 Å². The highest BCUT2D eigenvalue weighted by Gasteiger charge is 2.44. The maximum atomic E-state index is 5.42. The Balaban J connectivity index is 0.794. The van der Waals surface area contributed by atoms with Crippen molar-refractivity contribution in [2.45, 2.75) is 0 Å². The summed E-state index contributed by atoms with van der Waals surface area (Å²) in [6, 6.07) is 143. The molecule has 0 aliphatic carbocycles. The topological polar surface area (TPSA) is 88.8 Å². The smallest absolute Gasteiger partial charge is 0.252 e. The van der Waals surface area contributed by atoms with Crippen molar-refractivity contribution in [3.05, 3.63) is 400 Å². The van der Waals surface area contributed by atoms with Gasteiger partial charge >= 0.3 is 0 Å². The van der Waals surface area contributed by atoms with Crippen molar-refractivity contribution >= 4 is 79.0 Å². The van der Waals surface area contributed by atoms with Crippen molar-refractivity contribution in [2.75, 3.05) is 9.80 Å². The second kappa shape index (κ2) is 27.7. The fourth-order valence-corrected chi connectivity index (χ4v) is 16.6. The van der Waals surface area contributed by atoms with Crippen LogP contribution in [0.2, 0.25) is 0 Å². The van der Waals surface area contributed by atoms with Gasteiger partial charge in [0.05, 0.1) is 11.0 Å². The van der Waals surface area contributed by atoms with E-state index in [1.54, 1.807) is 0 Å². The zero-order valence-electron chi connectivity index (χ0n) is 60.7. The minimum atomic E-state index is -0.179. The zero-order chi connectivity index (χ0) is 74.0. The third-order valence-electron chi connectivity index (χ3n) is 21.9. The molecule has 3 aromatic heterocycles. The molecule has 522 valence electrons. The number of hydrogen-bond acceptors (Lipinski definition) is 8. The second-order valence-corrected chi connectivity index (χ2v) is 28.5. The highest BCUT2D eigenvalue weighted by Crippen LogP contribution is 2.49. The Hall–Kier alpha value is -15.0. The molecule has 112 heavy (non-hydrogen) atoms. The van der Waals surface area contributed by atoms with Gasteiger partial charge < -0.3 is 14.4 Å². The average Bonchev–Trinajstić information content (AvgIpc) is 0.770. The molecule has 10 heteroatoms. The number of hydrogen-bond donors (Lipinski definition) is 0. The summed E-state index contributed by atoms with van der Waals surface area (Å²) < 4.78 is 2.38. The van der Waals surface area contributed by atoms with Crippen LogP contribution in [0.15, 0.2) is 400 Å². The molecule has 0 N–H and O–H groups in total. The quantitative estimate of drug-likeness (QED) is 0.0995. The molecule has 2 aliphatic heterocycles. The van der Waals surface area contributed by atoms with E-state index in [-0.39, 0.29) is 6.71 Å². The molecule has 16 aromatic carbocycles. The van der Waals surface area contributed by atoms with Gasteiger partial charge in [0.25, 0.3) is 6.71 Å². The Morgan fingerprint density at radius 3 is 0.920 bits per heavy atom. The molecule has 9 nitrogen and oxygen atoms in total. The summed E-state index contributed by atoms with van der Waals surface area (Å²) in [5, 5.41) is 2.20. The molecular weight excluding hydrogens is 1360 g/mol. The van der Waals surface area contributed by atoms with Crippen molar-refractivity contribution in [3.63, 3.8) is 0 Å². The van der Waals surface area contributed by atoms with Gasteiger partial charge in [-0.1, -0.05) is 315 Å². The van der Waals surface area contributed by atoms with E-state index in [1.807, 2.05) is 121 Å². The summed E-state index contributed by atoms with van der Waals surface area (Å²) in [4.78, 5) is 36.9. The first kappa shape index (κ1) is 65.3. The Bertz CT molecular complexity index is 6460. The molecule has 0 spiro atoms. The first-order valence-electron chi connectivity index (χ1n) is 37.9. The number of para-hydroxylation sites is 1. The predicted octanol–water partition coefficient (Wildman–Crippen LogP) is 23.6. The molecule has 19 aromatic rings. The molecule has 0 unspecified atom stereocenters. The fraction of sp³-hybridized carbons (Fsp3) is 0. The van der Waals surface area contributed by atoms with Crippen LogP contribution in [-0.4, -0.2) is 41.2 Å². The van der Waals surface area contributed by atoms with E-state index in [2.05, 4.69) is 293 Å². The zero-order valence-corrected chi connectivity index (χ0v) is 60.7.